The molecule has 0 aliphatic heterocycles. The molecule has 1 N–H and O–H groups in total. The van der Waals surface area contributed by atoms with E-state index in [1.165, 1.54) is 14.2 Å². The van der Waals surface area contributed by atoms with Crippen molar-refractivity contribution in [2.75, 3.05) is 26.1 Å². The van der Waals surface area contributed by atoms with Crippen molar-refractivity contribution < 1.29 is 9.47 Å². The molecule has 1 aromatic carbocycles. The van der Waals surface area contributed by atoms with Crippen LogP contribution in [0.15, 0.2) is 30.3 Å². The van der Waals surface area contributed by atoms with Gasteiger partial charge < -0.3 is 14.8 Å². The summed E-state index contributed by atoms with van der Waals surface area (Å²) in [5.41, 5.74) is 1.02. The zero-order valence-electron chi connectivity index (χ0n) is 11.2. The van der Waals surface area contributed by atoms with Crippen molar-refractivity contribution in [2.24, 2.45) is 0 Å². The first-order valence-corrected chi connectivity index (χ1v) is 6.43. The van der Waals surface area contributed by atoms with Crippen molar-refractivity contribution in [1.29, 1.82) is 0 Å². The van der Waals surface area contributed by atoms with Crippen LogP contribution in [0.1, 0.15) is 10.9 Å². The summed E-state index contributed by atoms with van der Waals surface area (Å²) in [4.78, 5) is 12.1. The number of ether oxygens (including phenoxy) is 2. The number of anilines is 1. The third-order valence-corrected chi connectivity index (χ3v) is 2.97. The number of halogens is 1. The van der Waals surface area contributed by atoms with Gasteiger partial charge in [0.25, 0.3) is 0 Å². The number of nitrogens with zero attached hydrogens (tertiary/aromatic N) is 3. The van der Waals surface area contributed by atoms with Crippen LogP contribution in [-0.2, 0) is 0 Å². The molecule has 0 bridgehead atoms. The van der Waals surface area contributed by atoms with E-state index in [2.05, 4.69) is 20.3 Å². The highest BCUT2D eigenvalue weighted by atomic mass is 35.5. The van der Waals surface area contributed by atoms with E-state index in [0.29, 0.717) is 12.5 Å². The second-order valence-electron chi connectivity index (χ2n) is 3.89. The molecule has 0 aliphatic rings. The molecule has 1 aromatic heterocycles. The molecule has 0 saturated heterocycles. The van der Waals surface area contributed by atoms with Gasteiger partial charge in [-0.3, -0.25) is 0 Å². The van der Waals surface area contributed by atoms with Gasteiger partial charge in [0.05, 0.1) is 19.6 Å². The van der Waals surface area contributed by atoms with Gasteiger partial charge >= 0.3 is 12.0 Å². The number of rotatable bonds is 6. The lowest BCUT2D eigenvalue weighted by molar-refractivity contribution is 0.341. The third-order valence-electron chi connectivity index (χ3n) is 2.56. The molecule has 20 heavy (non-hydrogen) atoms. The van der Waals surface area contributed by atoms with Crippen molar-refractivity contribution in [3.05, 3.63) is 35.9 Å². The van der Waals surface area contributed by atoms with Crippen LogP contribution in [0.3, 0.4) is 0 Å². The number of aromatic nitrogens is 3. The molecule has 1 unspecified atom stereocenters. The minimum absolute atomic E-state index is 0.185. The number of benzene rings is 1. The van der Waals surface area contributed by atoms with Crippen LogP contribution < -0.4 is 14.8 Å². The molecule has 6 nitrogen and oxygen atoms in total. The third kappa shape index (κ3) is 3.71. The maximum Gasteiger partial charge on any atom is 0.324 e. The number of nitrogens with one attached hydrogen (secondary N) is 1. The Hall–Kier alpha value is -2.08. The van der Waals surface area contributed by atoms with Crippen LogP contribution in [0.5, 0.6) is 12.0 Å². The molecular weight excluding hydrogens is 280 g/mol. The summed E-state index contributed by atoms with van der Waals surface area (Å²) >= 11 is 6.31. The molecule has 2 aromatic rings. The summed E-state index contributed by atoms with van der Waals surface area (Å²) in [6.45, 7) is 0.474. The highest BCUT2D eigenvalue weighted by Crippen LogP contribution is 2.20. The lowest BCUT2D eigenvalue weighted by Crippen LogP contribution is -2.12. The van der Waals surface area contributed by atoms with Crippen LogP contribution >= 0.6 is 11.6 Å². The molecular formula is C13H15ClN4O2. The van der Waals surface area contributed by atoms with E-state index in [0.717, 1.165) is 5.56 Å². The van der Waals surface area contributed by atoms with Crippen LogP contribution in [0.2, 0.25) is 0 Å². The minimum atomic E-state index is -0.190. The zero-order chi connectivity index (χ0) is 14.4. The maximum atomic E-state index is 6.31. The molecule has 0 saturated carbocycles. The Morgan fingerprint density at radius 1 is 1.05 bits per heavy atom. The van der Waals surface area contributed by atoms with Crippen molar-refractivity contribution >= 4 is 17.5 Å². The normalized spacial score (nSPS) is 11.8. The fourth-order valence-corrected chi connectivity index (χ4v) is 1.78. The Kier molecular flexibility index (Phi) is 4.95. The van der Waals surface area contributed by atoms with Crippen molar-refractivity contribution in [3.8, 4) is 12.0 Å². The van der Waals surface area contributed by atoms with E-state index < -0.39 is 0 Å². The largest absolute Gasteiger partial charge is 0.467 e. The SMILES string of the molecule is COc1nc(NCC(Cl)c2ccccc2)nc(OC)n1. The van der Waals surface area contributed by atoms with Crippen LogP contribution in [-0.4, -0.2) is 35.7 Å². The van der Waals surface area contributed by atoms with Crippen molar-refractivity contribution in [1.82, 2.24) is 15.0 Å². The average molecular weight is 295 g/mol. The van der Waals surface area contributed by atoms with Gasteiger partial charge in [-0.25, -0.2) is 0 Å². The Bertz CT molecular complexity index is 531. The molecule has 1 atom stereocenters. The van der Waals surface area contributed by atoms with Gasteiger partial charge in [0.1, 0.15) is 0 Å². The monoisotopic (exact) mass is 294 g/mol. The molecule has 2 rings (SSSR count). The van der Waals surface area contributed by atoms with Gasteiger partial charge in [-0.05, 0) is 5.56 Å². The van der Waals surface area contributed by atoms with Gasteiger partial charge in [-0.15, -0.1) is 16.6 Å². The number of alkyl halides is 1. The molecule has 106 valence electrons. The van der Waals surface area contributed by atoms with E-state index in [-0.39, 0.29) is 17.4 Å². The fraction of sp³-hybridized carbons (Fsp3) is 0.308. The fourth-order valence-electron chi connectivity index (χ4n) is 1.56. The summed E-state index contributed by atoms with van der Waals surface area (Å²) in [7, 11) is 2.96. The topological polar surface area (TPSA) is 69.2 Å². The average Bonchev–Trinajstić information content (AvgIpc) is 2.53. The molecule has 0 amide bonds. The second-order valence-corrected chi connectivity index (χ2v) is 4.42. The van der Waals surface area contributed by atoms with Crippen LogP contribution in [0, 0.1) is 0 Å². The lowest BCUT2D eigenvalue weighted by atomic mass is 10.1. The summed E-state index contributed by atoms with van der Waals surface area (Å²) in [5, 5.41) is 2.85. The highest BCUT2D eigenvalue weighted by Gasteiger charge is 2.10. The van der Waals surface area contributed by atoms with Gasteiger partial charge in [0.15, 0.2) is 0 Å². The molecule has 1 heterocycles. The Morgan fingerprint density at radius 3 is 2.20 bits per heavy atom. The van der Waals surface area contributed by atoms with Gasteiger partial charge in [-0.1, -0.05) is 30.3 Å². The molecule has 0 aliphatic carbocycles. The first-order chi connectivity index (χ1) is 9.72. The number of hydrogen-bond acceptors (Lipinski definition) is 6. The predicted molar refractivity (Wildman–Crippen MR) is 76.5 cm³/mol. The molecule has 7 heteroatoms. The van der Waals surface area contributed by atoms with Gasteiger partial charge in [0, 0.05) is 6.54 Å². The van der Waals surface area contributed by atoms with Gasteiger partial charge in [0.2, 0.25) is 5.95 Å². The van der Waals surface area contributed by atoms with Crippen molar-refractivity contribution in [3.63, 3.8) is 0 Å². The zero-order valence-corrected chi connectivity index (χ0v) is 12.0. The standard InChI is InChI=1S/C13H15ClN4O2/c1-19-12-16-11(17-13(18-12)20-2)15-8-10(14)9-6-4-3-5-7-9/h3-7,10H,8H2,1-2H3,(H,15,16,17,18). The van der Waals surface area contributed by atoms with Gasteiger partial charge in [-0.2, -0.15) is 9.97 Å². The second kappa shape index (κ2) is 6.91. The van der Waals surface area contributed by atoms with Crippen LogP contribution in [0.4, 0.5) is 5.95 Å². The van der Waals surface area contributed by atoms with E-state index in [1.54, 1.807) is 0 Å². The van der Waals surface area contributed by atoms with E-state index in [4.69, 9.17) is 21.1 Å². The first-order valence-electron chi connectivity index (χ1n) is 6.00. The highest BCUT2D eigenvalue weighted by molar-refractivity contribution is 6.21. The van der Waals surface area contributed by atoms with Crippen LogP contribution in [0.25, 0.3) is 0 Å². The van der Waals surface area contributed by atoms with E-state index in [1.807, 2.05) is 30.3 Å². The Morgan fingerprint density at radius 2 is 1.65 bits per heavy atom. The summed E-state index contributed by atoms with van der Waals surface area (Å²) in [6.07, 6.45) is 0. The smallest absolute Gasteiger partial charge is 0.324 e. The number of methoxy groups -OCH3 is 2. The first kappa shape index (κ1) is 14.3. The maximum absolute atomic E-state index is 6.31. The quantitative estimate of drug-likeness (QED) is 0.824. The Balaban J connectivity index is 2.03. The molecule has 0 radical (unpaired) electrons. The molecule has 0 fully saturated rings. The summed E-state index contributed by atoms with van der Waals surface area (Å²) in [5.74, 6) is 0.357. The molecule has 0 spiro atoms. The summed E-state index contributed by atoms with van der Waals surface area (Å²) < 4.78 is 9.95. The van der Waals surface area contributed by atoms with E-state index >= 15 is 0 Å². The number of hydrogen-bond donors (Lipinski definition) is 1. The predicted octanol–water partition coefficient (Wildman–Crippen LogP) is 2.28. The lowest BCUT2D eigenvalue weighted by Gasteiger charge is -2.11. The minimum Gasteiger partial charge on any atom is -0.467 e. The van der Waals surface area contributed by atoms with Crippen molar-refractivity contribution in [2.45, 2.75) is 5.38 Å². The van der Waals surface area contributed by atoms with E-state index in [9.17, 15) is 0 Å². The Labute approximate surface area is 122 Å². The summed E-state index contributed by atoms with van der Waals surface area (Å²) in [6, 6.07) is 10.1.